The molecule has 0 unspecified atom stereocenters. The molecule has 4 N–H and O–H groups in total. The molecule has 1 fully saturated rings. The van der Waals surface area contributed by atoms with E-state index in [1.807, 2.05) is 19.1 Å². The summed E-state index contributed by atoms with van der Waals surface area (Å²) < 4.78 is 0. The first-order valence-corrected chi connectivity index (χ1v) is 8.83. The fourth-order valence-corrected chi connectivity index (χ4v) is 3.15. The third-order valence-corrected chi connectivity index (χ3v) is 4.66. The first kappa shape index (κ1) is 17.8. The summed E-state index contributed by atoms with van der Waals surface area (Å²) in [7, 11) is 0. The van der Waals surface area contributed by atoms with E-state index >= 15 is 0 Å². The molecule has 3 rings (SSSR count). The van der Waals surface area contributed by atoms with Crippen LogP contribution in [0.3, 0.4) is 0 Å². The molecule has 1 aromatic carbocycles. The summed E-state index contributed by atoms with van der Waals surface area (Å²) in [5.74, 6) is -0.0441. The van der Waals surface area contributed by atoms with E-state index in [2.05, 4.69) is 20.6 Å². The number of carbonyl (C=O) groups is 2. The Hall–Kier alpha value is -2.96. The van der Waals surface area contributed by atoms with Gasteiger partial charge in [0.05, 0.1) is 18.1 Å². The lowest BCUT2D eigenvalue weighted by atomic mass is 9.88. The molecule has 7 nitrogen and oxygen atoms in total. The molecule has 1 heterocycles. The minimum atomic E-state index is -0.287. The molecule has 2 amide bonds. The van der Waals surface area contributed by atoms with Crippen LogP contribution in [0, 0.1) is 12.8 Å². The summed E-state index contributed by atoms with van der Waals surface area (Å²) in [6.45, 7) is 1.85. The van der Waals surface area contributed by atoms with Crippen LogP contribution in [0.25, 0.3) is 0 Å². The maximum absolute atomic E-state index is 12.5. The van der Waals surface area contributed by atoms with Crippen molar-refractivity contribution in [2.24, 2.45) is 5.92 Å². The van der Waals surface area contributed by atoms with Crippen LogP contribution in [-0.2, 0) is 4.79 Å². The number of rotatable bonds is 4. The standard InChI is InChI=1S/C19H23N5O2/c1-12-7-8-14(23-17(25)13-5-3-2-4-6-13)9-16(12)18(26)24-15-10-21-19(20)22-11-15/h7-11,13H,2-6H2,1H3,(H,23,25)(H,24,26)(H2,20,21,22). The molecule has 1 aliphatic carbocycles. The average Bonchev–Trinajstić information content (AvgIpc) is 2.65. The minimum Gasteiger partial charge on any atom is -0.368 e. The maximum atomic E-state index is 12.5. The molecule has 2 aromatic rings. The molecule has 0 aliphatic heterocycles. The van der Waals surface area contributed by atoms with Crippen molar-refractivity contribution in [2.75, 3.05) is 16.4 Å². The molecule has 0 saturated heterocycles. The molecule has 136 valence electrons. The highest BCUT2D eigenvalue weighted by atomic mass is 16.2. The third-order valence-electron chi connectivity index (χ3n) is 4.66. The molecule has 1 saturated carbocycles. The average molecular weight is 353 g/mol. The molecule has 0 spiro atoms. The normalized spacial score (nSPS) is 14.7. The monoisotopic (exact) mass is 353 g/mol. The third kappa shape index (κ3) is 4.36. The second-order valence-electron chi connectivity index (χ2n) is 6.64. The molecular weight excluding hydrogens is 330 g/mol. The highest BCUT2D eigenvalue weighted by Gasteiger charge is 2.21. The zero-order valence-corrected chi connectivity index (χ0v) is 14.8. The number of nitrogens with two attached hydrogens (primary N) is 1. The Morgan fingerprint density at radius 1 is 1.04 bits per heavy atom. The second kappa shape index (κ2) is 7.95. The van der Waals surface area contributed by atoms with Crippen molar-refractivity contribution in [2.45, 2.75) is 39.0 Å². The van der Waals surface area contributed by atoms with Crippen molar-refractivity contribution in [1.82, 2.24) is 9.97 Å². The quantitative estimate of drug-likeness (QED) is 0.782. The van der Waals surface area contributed by atoms with Gasteiger partial charge in [0.25, 0.3) is 5.91 Å². The van der Waals surface area contributed by atoms with E-state index < -0.39 is 0 Å². The summed E-state index contributed by atoms with van der Waals surface area (Å²) in [6.07, 6.45) is 8.17. The molecule has 26 heavy (non-hydrogen) atoms. The van der Waals surface area contributed by atoms with E-state index in [0.29, 0.717) is 16.9 Å². The van der Waals surface area contributed by atoms with E-state index in [9.17, 15) is 9.59 Å². The van der Waals surface area contributed by atoms with Gasteiger partial charge in [-0.3, -0.25) is 9.59 Å². The van der Waals surface area contributed by atoms with Gasteiger partial charge in [0.2, 0.25) is 11.9 Å². The lowest BCUT2D eigenvalue weighted by molar-refractivity contribution is -0.120. The van der Waals surface area contributed by atoms with Crippen LogP contribution in [-0.4, -0.2) is 21.8 Å². The molecule has 0 bridgehead atoms. The number of amides is 2. The Labute approximate surface area is 152 Å². The number of anilines is 3. The number of nitrogen functional groups attached to an aromatic ring is 1. The van der Waals surface area contributed by atoms with Crippen molar-refractivity contribution in [3.63, 3.8) is 0 Å². The van der Waals surface area contributed by atoms with Gasteiger partial charge >= 0.3 is 0 Å². The van der Waals surface area contributed by atoms with Gasteiger partial charge in [-0.05, 0) is 37.5 Å². The lowest BCUT2D eigenvalue weighted by Gasteiger charge is -2.21. The Kier molecular flexibility index (Phi) is 5.46. The van der Waals surface area contributed by atoms with Gasteiger partial charge in [0, 0.05) is 17.2 Å². The number of nitrogens with zero attached hydrogens (tertiary/aromatic N) is 2. The van der Waals surface area contributed by atoms with Crippen molar-refractivity contribution in [1.29, 1.82) is 0 Å². The summed E-state index contributed by atoms with van der Waals surface area (Å²) in [6, 6.07) is 5.34. The predicted octanol–water partition coefficient (Wildman–Crippen LogP) is 3.14. The minimum absolute atomic E-state index is 0.0341. The Balaban J connectivity index is 1.71. The van der Waals surface area contributed by atoms with E-state index in [1.54, 1.807) is 6.07 Å². The summed E-state index contributed by atoms with van der Waals surface area (Å²) >= 11 is 0. The van der Waals surface area contributed by atoms with Gasteiger partial charge in [0.15, 0.2) is 0 Å². The Morgan fingerprint density at radius 2 is 1.73 bits per heavy atom. The molecule has 1 aromatic heterocycles. The van der Waals surface area contributed by atoms with Gasteiger partial charge in [-0.25, -0.2) is 9.97 Å². The highest BCUT2D eigenvalue weighted by Crippen LogP contribution is 2.25. The van der Waals surface area contributed by atoms with Crippen molar-refractivity contribution < 1.29 is 9.59 Å². The summed E-state index contributed by atoms with van der Waals surface area (Å²) in [4.78, 5) is 32.7. The lowest BCUT2D eigenvalue weighted by Crippen LogP contribution is -2.25. The zero-order chi connectivity index (χ0) is 18.5. The van der Waals surface area contributed by atoms with Gasteiger partial charge in [-0.1, -0.05) is 25.3 Å². The number of hydrogen-bond acceptors (Lipinski definition) is 5. The van der Waals surface area contributed by atoms with E-state index in [-0.39, 0.29) is 23.7 Å². The summed E-state index contributed by atoms with van der Waals surface area (Å²) in [5, 5.41) is 5.68. The van der Waals surface area contributed by atoms with Crippen LogP contribution in [0.4, 0.5) is 17.3 Å². The van der Waals surface area contributed by atoms with Crippen LogP contribution in [0.2, 0.25) is 0 Å². The Bertz CT molecular complexity index is 798. The van der Waals surface area contributed by atoms with Gasteiger partial charge < -0.3 is 16.4 Å². The second-order valence-corrected chi connectivity index (χ2v) is 6.64. The predicted molar refractivity (Wildman–Crippen MR) is 101 cm³/mol. The van der Waals surface area contributed by atoms with Crippen LogP contribution in [0.1, 0.15) is 48.0 Å². The number of aromatic nitrogens is 2. The number of hydrogen-bond donors (Lipinski definition) is 3. The number of benzene rings is 1. The number of aryl methyl sites for hydroxylation is 1. The smallest absolute Gasteiger partial charge is 0.256 e. The fourth-order valence-electron chi connectivity index (χ4n) is 3.15. The van der Waals surface area contributed by atoms with Gasteiger partial charge in [0.1, 0.15) is 0 Å². The van der Waals surface area contributed by atoms with E-state index in [0.717, 1.165) is 31.2 Å². The van der Waals surface area contributed by atoms with Gasteiger partial charge in [-0.15, -0.1) is 0 Å². The topological polar surface area (TPSA) is 110 Å². The summed E-state index contributed by atoms with van der Waals surface area (Å²) in [5.41, 5.74) is 7.84. The van der Waals surface area contributed by atoms with Crippen LogP contribution in [0.5, 0.6) is 0 Å². The van der Waals surface area contributed by atoms with Crippen LogP contribution in [0.15, 0.2) is 30.6 Å². The van der Waals surface area contributed by atoms with Crippen molar-refractivity contribution in [3.8, 4) is 0 Å². The fraction of sp³-hybridized carbons (Fsp3) is 0.368. The molecule has 0 atom stereocenters. The highest BCUT2D eigenvalue weighted by molar-refractivity contribution is 6.06. The van der Waals surface area contributed by atoms with Gasteiger partial charge in [-0.2, -0.15) is 0 Å². The molecule has 0 radical (unpaired) electrons. The van der Waals surface area contributed by atoms with Crippen molar-refractivity contribution >= 4 is 29.1 Å². The molecule has 7 heteroatoms. The van der Waals surface area contributed by atoms with Crippen molar-refractivity contribution in [3.05, 3.63) is 41.7 Å². The molecule has 1 aliphatic rings. The van der Waals surface area contributed by atoms with Crippen LogP contribution < -0.4 is 16.4 Å². The first-order valence-electron chi connectivity index (χ1n) is 8.83. The maximum Gasteiger partial charge on any atom is 0.256 e. The number of carbonyl (C=O) groups excluding carboxylic acids is 2. The zero-order valence-electron chi connectivity index (χ0n) is 14.8. The largest absolute Gasteiger partial charge is 0.368 e. The van der Waals surface area contributed by atoms with E-state index in [1.165, 1.54) is 18.8 Å². The van der Waals surface area contributed by atoms with Crippen LogP contribution >= 0.6 is 0 Å². The first-order chi connectivity index (χ1) is 12.5. The molecular formula is C19H23N5O2. The van der Waals surface area contributed by atoms with E-state index in [4.69, 9.17) is 5.73 Å². The number of nitrogens with one attached hydrogen (secondary N) is 2. The Morgan fingerprint density at radius 3 is 2.42 bits per heavy atom. The SMILES string of the molecule is Cc1ccc(NC(=O)C2CCCCC2)cc1C(=O)Nc1cnc(N)nc1.